The maximum Gasteiger partial charge on any atom is 0.326 e. The number of amides is 1. The topological polar surface area (TPSA) is 192 Å². The first-order valence-electron chi connectivity index (χ1n) is 11.5. The molecule has 0 aliphatic carbocycles. The summed E-state index contributed by atoms with van der Waals surface area (Å²) in [6.07, 6.45) is 1.97. The zero-order valence-electron chi connectivity index (χ0n) is 20.7. The number of tetrazole rings is 1. The van der Waals surface area contributed by atoms with E-state index in [-0.39, 0.29) is 18.4 Å². The molecule has 0 unspecified atom stereocenters. The number of aliphatic carboxylic acids is 1. The number of unbranched alkanes of at least 4 members (excludes halogenated alkanes) is 1. The van der Waals surface area contributed by atoms with Crippen LogP contribution in [0.4, 0.5) is 0 Å². The molecule has 12 nitrogen and oxygen atoms in total. The summed E-state index contributed by atoms with van der Waals surface area (Å²) in [6, 6.07) is 14.7. The molecule has 0 aliphatic rings. The molecule has 0 fully saturated rings. The summed E-state index contributed by atoms with van der Waals surface area (Å²) in [5.41, 5.74) is 3.66. The van der Waals surface area contributed by atoms with Crippen molar-refractivity contribution in [3.63, 3.8) is 0 Å². The van der Waals surface area contributed by atoms with Crippen LogP contribution in [-0.4, -0.2) is 66.1 Å². The Morgan fingerprint density at radius 1 is 1.05 bits per heavy atom. The van der Waals surface area contributed by atoms with Gasteiger partial charge in [-0.2, -0.15) is 5.21 Å². The van der Waals surface area contributed by atoms with Crippen LogP contribution < -0.4 is 0 Å². The summed E-state index contributed by atoms with van der Waals surface area (Å²) in [4.78, 5) is 26.3. The van der Waals surface area contributed by atoms with Gasteiger partial charge >= 0.3 is 5.97 Å². The van der Waals surface area contributed by atoms with Crippen LogP contribution in [0.3, 0.4) is 0 Å². The number of nitrogens with one attached hydrogen (secondary N) is 1. The van der Waals surface area contributed by atoms with E-state index in [9.17, 15) is 14.7 Å². The number of carbonyl (C=O) groups is 2. The van der Waals surface area contributed by atoms with Crippen molar-refractivity contribution in [2.24, 2.45) is 5.92 Å². The van der Waals surface area contributed by atoms with E-state index in [2.05, 4.69) is 20.6 Å². The lowest BCUT2D eigenvalue weighted by Crippen LogP contribution is -2.47. The Hall–Kier alpha value is -3.68. The number of carbonyl (C=O) groups excluding carboxylic acids is 1. The third kappa shape index (κ3) is 9.37. The molecule has 2 N–H and O–H groups in total. The molecule has 3 aromatic rings. The van der Waals surface area contributed by atoms with Gasteiger partial charge in [-0.1, -0.05) is 75.7 Å². The van der Waals surface area contributed by atoms with Gasteiger partial charge in [0.1, 0.15) is 6.04 Å². The molecule has 1 amide bonds. The summed E-state index contributed by atoms with van der Waals surface area (Å²) in [5, 5.41) is 24.0. The minimum atomic E-state index is -5.17. The summed E-state index contributed by atoms with van der Waals surface area (Å²) < 4.78 is 34.1. The van der Waals surface area contributed by atoms with Crippen molar-refractivity contribution in [2.75, 3.05) is 0 Å². The fraction of sp³-hybridized carbons (Fsp3) is 0.375. The number of benzene rings is 2. The molecule has 1 aromatic heterocycles. The van der Waals surface area contributed by atoms with Gasteiger partial charge in [-0.05, 0) is 34.2 Å². The first kappa shape index (κ1) is 29.5. The molecule has 3 rings (SSSR count). The molecular formula is C24H29N5O7S-2. The van der Waals surface area contributed by atoms with Crippen molar-refractivity contribution < 1.29 is 32.2 Å². The van der Waals surface area contributed by atoms with E-state index in [0.29, 0.717) is 12.2 Å². The zero-order chi connectivity index (χ0) is 27.6. The number of H-pyrrole nitrogens is 1. The first-order valence-corrected chi connectivity index (χ1v) is 12.9. The Balaban J connectivity index is 0.000000877. The van der Waals surface area contributed by atoms with Gasteiger partial charge in [0.05, 0.1) is 0 Å². The fourth-order valence-electron chi connectivity index (χ4n) is 3.78. The normalized spacial score (nSPS) is 11.9. The van der Waals surface area contributed by atoms with Gasteiger partial charge in [-0.15, -0.1) is 10.2 Å². The molecule has 0 saturated carbocycles. The molecule has 0 bridgehead atoms. The van der Waals surface area contributed by atoms with Crippen LogP contribution >= 0.6 is 0 Å². The van der Waals surface area contributed by atoms with Crippen molar-refractivity contribution in [3.05, 3.63) is 54.1 Å². The SMILES string of the molecule is CCCCC(=O)N(Cc1ccc(-c2ccccc2-c2nn[nH]n2)cc1)[C@H](C(=O)O)C(C)C.O=S(=O)([O-])[O-]. The molecule has 1 atom stereocenters. The summed E-state index contributed by atoms with van der Waals surface area (Å²) in [6.45, 7) is 5.93. The Labute approximate surface area is 215 Å². The van der Waals surface area contributed by atoms with Crippen molar-refractivity contribution in [1.29, 1.82) is 0 Å². The summed E-state index contributed by atoms with van der Waals surface area (Å²) >= 11 is 0. The monoisotopic (exact) mass is 531 g/mol. The lowest BCUT2D eigenvalue weighted by Gasteiger charge is -2.32. The van der Waals surface area contributed by atoms with Crippen LogP contribution in [0.5, 0.6) is 0 Å². The van der Waals surface area contributed by atoms with E-state index in [1.807, 2.05) is 69.3 Å². The predicted molar refractivity (Wildman–Crippen MR) is 132 cm³/mol. The maximum absolute atomic E-state index is 12.9. The van der Waals surface area contributed by atoms with Gasteiger partial charge < -0.3 is 19.1 Å². The van der Waals surface area contributed by atoms with Crippen LogP contribution in [0, 0.1) is 5.92 Å². The summed E-state index contributed by atoms with van der Waals surface area (Å²) in [7, 11) is -5.17. The average Bonchev–Trinajstić information content (AvgIpc) is 3.36. The van der Waals surface area contributed by atoms with E-state index in [4.69, 9.17) is 17.5 Å². The number of hydrogen-bond acceptors (Lipinski definition) is 9. The number of carboxylic acid groups (broad SMARTS) is 1. The van der Waals surface area contributed by atoms with E-state index in [1.165, 1.54) is 4.90 Å². The third-order valence-electron chi connectivity index (χ3n) is 5.42. The lowest BCUT2D eigenvalue weighted by molar-refractivity contribution is -0.153. The highest BCUT2D eigenvalue weighted by atomic mass is 32.3. The highest BCUT2D eigenvalue weighted by Gasteiger charge is 2.32. The molecule has 200 valence electrons. The number of carboxylic acids is 1. The largest absolute Gasteiger partial charge is 0.759 e. The van der Waals surface area contributed by atoms with Crippen molar-refractivity contribution >= 4 is 22.3 Å². The molecule has 37 heavy (non-hydrogen) atoms. The molecule has 0 aliphatic heterocycles. The second kappa shape index (κ2) is 13.6. The maximum atomic E-state index is 12.9. The van der Waals surface area contributed by atoms with Gasteiger partial charge in [0, 0.05) is 28.9 Å². The zero-order valence-corrected chi connectivity index (χ0v) is 21.5. The van der Waals surface area contributed by atoms with E-state index < -0.39 is 22.4 Å². The molecule has 2 aromatic carbocycles. The number of aromatic amines is 1. The highest BCUT2D eigenvalue weighted by Crippen LogP contribution is 2.30. The van der Waals surface area contributed by atoms with Gasteiger partial charge in [0.25, 0.3) is 0 Å². The smallest absolute Gasteiger partial charge is 0.326 e. The molecule has 1 heterocycles. The second-order valence-corrected chi connectivity index (χ2v) is 9.35. The van der Waals surface area contributed by atoms with Gasteiger partial charge in [-0.3, -0.25) is 13.2 Å². The van der Waals surface area contributed by atoms with Crippen LogP contribution in [-0.2, 0) is 26.5 Å². The van der Waals surface area contributed by atoms with E-state index in [1.54, 1.807) is 0 Å². The Morgan fingerprint density at radius 2 is 1.65 bits per heavy atom. The minimum Gasteiger partial charge on any atom is -0.759 e. The van der Waals surface area contributed by atoms with Crippen molar-refractivity contribution in [1.82, 2.24) is 25.5 Å². The van der Waals surface area contributed by atoms with Gasteiger partial charge in [-0.25, -0.2) is 4.79 Å². The molecule has 0 radical (unpaired) electrons. The minimum absolute atomic E-state index is 0.125. The fourth-order valence-corrected chi connectivity index (χ4v) is 3.78. The molecular weight excluding hydrogens is 502 g/mol. The number of rotatable bonds is 10. The van der Waals surface area contributed by atoms with E-state index in [0.717, 1.165) is 35.1 Å². The standard InChI is InChI=1S/C24H29N5O3.H2O4S/c1-4-5-10-21(30)29(22(16(2)3)24(31)32)15-17-11-13-18(14-12-17)19-8-6-7-9-20(19)23-25-27-28-26-23;1-5(2,3)4/h6-9,11-14,16,22H,4-5,10,15H2,1-3H3,(H,31,32)(H,25,26,27,28);(H2,1,2,3,4)/p-2/t22-;/m0./s1. The second-order valence-electron chi connectivity index (χ2n) is 8.54. The van der Waals surface area contributed by atoms with Crippen LogP contribution in [0.15, 0.2) is 48.5 Å². The quantitative estimate of drug-likeness (QED) is 0.290. The number of hydrogen-bond donors (Lipinski definition) is 2. The predicted octanol–water partition coefficient (Wildman–Crippen LogP) is 2.82. The highest BCUT2D eigenvalue weighted by molar-refractivity contribution is 7.79. The summed E-state index contributed by atoms with van der Waals surface area (Å²) in [5.74, 6) is -0.784. The van der Waals surface area contributed by atoms with Crippen LogP contribution in [0.25, 0.3) is 22.5 Å². The Bertz CT molecular complexity index is 1250. The van der Waals surface area contributed by atoms with Gasteiger partial charge in [0.2, 0.25) is 11.7 Å². The average molecular weight is 532 g/mol. The van der Waals surface area contributed by atoms with Crippen molar-refractivity contribution in [2.45, 2.75) is 52.6 Å². The van der Waals surface area contributed by atoms with Crippen molar-refractivity contribution in [3.8, 4) is 22.5 Å². The van der Waals surface area contributed by atoms with E-state index >= 15 is 0 Å². The van der Waals surface area contributed by atoms with Crippen LogP contribution in [0.1, 0.15) is 45.6 Å². The van der Waals surface area contributed by atoms with Gasteiger partial charge in [0.15, 0.2) is 0 Å². The first-order chi connectivity index (χ1) is 17.4. The Kier molecular flexibility index (Phi) is 10.8. The molecule has 13 heteroatoms. The molecule has 0 saturated heterocycles. The molecule has 0 spiro atoms. The number of aromatic nitrogens is 4. The third-order valence-corrected chi connectivity index (χ3v) is 5.42. The Morgan fingerprint density at radius 3 is 2.14 bits per heavy atom. The van der Waals surface area contributed by atoms with Crippen LogP contribution in [0.2, 0.25) is 0 Å². The number of nitrogens with zero attached hydrogens (tertiary/aromatic N) is 4. The lowest BCUT2D eigenvalue weighted by atomic mass is 9.97.